The quantitative estimate of drug-likeness (QED) is 0.312. The second-order valence-electron chi connectivity index (χ2n) is 14.0. The molecule has 3 heterocycles. The lowest BCUT2D eigenvalue weighted by Crippen LogP contribution is -2.57. The molecule has 1 aromatic carbocycles. The van der Waals surface area contributed by atoms with Crippen LogP contribution in [-0.2, 0) is 4.74 Å². The fraction of sp³-hybridized carbons (Fsp3) is 0.528. The van der Waals surface area contributed by atoms with Crippen LogP contribution in [0.1, 0.15) is 72.8 Å². The Hall–Kier alpha value is -4.05. The Morgan fingerprint density at radius 3 is 2.48 bits per heavy atom. The van der Waals surface area contributed by atoms with E-state index in [1.54, 1.807) is 13.4 Å². The van der Waals surface area contributed by atoms with Gasteiger partial charge >= 0.3 is 6.09 Å². The molecule has 46 heavy (non-hydrogen) atoms. The van der Waals surface area contributed by atoms with Crippen molar-refractivity contribution in [1.82, 2.24) is 24.3 Å². The molecule has 1 unspecified atom stereocenters. The SMILES string of the molecule is COc1cc(-c2cn(C3CCC(N4CCN(C(=O)OC(C)(C)C)[C@@H](C)C4)CC3)c3ncnc(N)c23)ccc1OC1=CC=CCC1C. The van der Waals surface area contributed by atoms with Crippen LogP contribution in [0.3, 0.4) is 0 Å². The van der Waals surface area contributed by atoms with Gasteiger partial charge in [-0.05, 0) is 83.6 Å². The number of aromatic nitrogens is 3. The van der Waals surface area contributed by atoms with Crippen LogP contribution in [0.5, 0.6) is 11.5 Å². The molecule has 1 saturated heterocycles. The van der Waals surface area contributed by atoms with E-state index in [2.05, 4.69) is 46.6 Å². The summed E-state index contributed by atoms with van der Waals surface area (Å²) < 4.78 is 20.0. The zero-order valence-electron chi connectivity index (χ0n) is 28.0. The van der Waals surface area contributed by atoms with E-state index in [4.69, 9.17) is 24.9 Å². The highest BCUT2D eigenvalue weighted by Gasteiger charge is 2.35. The minimum absolute atomic E-state index is 0.116. The van der Waals surface area contributed by atoms with Gasteiger partial charge in [0.2, 0.25) is 0 Å². The number of fused-ring (bicyclic) bond motifs is 1. The summed E-state index contributed by atoms with van der Waals surface area (Å²) in [5.74, 6) is 3.06. The molecule has 0 bridgehead atoms. The number of piperazine rings is 1. The molecule has 3 aromatic rings. The largest absolute Gasteiger partial charge is 0.493 e. The van der Waals surface area contributed by atoms with Gasteiger partial charge in [0.15, 0.2) is 11.5 Å². The van der Waals surface area contributed by atoms with Crippen LogP contribution < -0.4 is 15.2 Å². The first-order chi connectivity index (χ1) is 22.0. The first kappa shape index (κ1) is 31.9. The zero-order valence-corrected chi connectivity index (χ0v) is 28.0. The Morgan fingerprint density at radius 1 is 1.02 bits per heavy atom. The highest BCUT2D eigenvalue weighted by molar-refractivity contribution is 6.01. The summed E-state index contributed by atoms with van der Waals surface area (Å²) in [4.78, 5) is 26.3. The molecule has 0 radical (unpaired) electrons. The van der Waals surface area contributed by atoms with Gasteiger partial charge in [-0.2, -0.15) is 0 Å². The Balaban J connectivity index is 1.18. The Labute approximate surface area is 272 Å². The number of nitrogen functional groups attached to an aromatic ring is 1. The third-order valence-electron chi connectivity index (χ3n) is 9.58. The van der Waals surface area contributed by atoms with E-state index in [1.165, 1.54) is 0 Å². The lowest BCUT2D eigenvalue weighted by molar-refractivity contribution is -0.00810. The molecule has 2 N–H and O–H groups in total. The monoisotopic (exact) mass is 628 g/mol. The van der Waals surface area contributed by atoms with Crippen LogP contribution in [0.4, 0.5) is 10.6 Å². The highest BCUT2D eigenvalue weighted by atomic mass is 16.6. The van der Waals surface area contributed by atoms with Crippen molar-refractivity contribution in [3.8, 4) is 22.6 Å². The molecule has 3 aliphatic rings. The maximum Gasteiger partial charge on any atom is 0.410 e. The number of rotatable bonds is 6. The molecule has 2 aliphatic carbocycles. The third kappa shape index (κ3) is 6.58. The van der Waals surface area contributed by atoms with E-state index in [0.717, 1.165) is 73.1 Å². The summed E-state index contributed by atoms with van der Waals surface area (Å²) in [5.41, 5.74) is 8.83. The second-order valence-corrected chi connectivity index (χ2v) is 14.0. The highest BCUT2D eigenvalue weighted by Crippen LogP contribution is 2.42. The molecule has 1 aliphatic heterocycles. The summed E-state index contributed by atoms with van der Waals surface area (Å²) in [6, 6.07) is 6.96. The minimum Gasteiger partial charge on any atom is -0.493 e. The van der Waals surface area contributed by atoms with Crippen LogP contribution in [0, 0.1) is 5.92 Å². The number of anilines is 1. The average Bonchev–Trinajstić information content (AvgIpc) is 3.42. The molecular formula is C36H48N6O4. The molecular weight excluding hydrogens is 580 g/mol. The van der Waals surface area contributed by atoms with Crippen molar-refractivity contribution in [2.75, 3.05) is 32.5 Å². The summed E-state index contributed by atoms with van der Waals surface area (Å²) in [5, 5.41) is 0.862. The van der Waals surface area contributed by atoms with Gasteiger partial charge in [0.05, 0.1) is 12.5 Å². The summed E-state index contributed by atoms with van der Waals surface area (Å²) >= 11 is 0. The van der Waals surface area contributed by atoms with Crippen molar-refractivity contribution < 1.29 is 19.0 Å². The number of allylic oxidation sites excluding steroid dienone is 4. The van der Waals surface area contributed by atoms with Crippen molar-refractivity contribution in [3.63, 3.8) is 0 Å². The van der Waals surface area contributed by atoms with Crippen molar-refractivity contribution in [3.05, 3.63) is 54.7 Å². The van der Waals surface area contributed by atoms with Crippen molar-refractivity contribution in [2.45, 2.75) is 90.4 Å². The second kappa shape index (κ2) is 13.0. The van der Waals surface area contributed by atoms with Crippen molar-refractivity contribution >= 4 is 22.9 Å². The number of carbonyl (C=O) groups excluding carboxylic acids is 1. The molecule has 1 amide bonds. The zero-order chi connectivity index (χ0) is 32.6. The van der Waals surface area contributed by atoms with Gasteiger partial charge in [-0.25, -0.2) is 14.8 Å². The van der Waals surface area contributed by atoms with Gasteiger partial charge in [0.25, 0.3) is 0 Å². The van der Waals surface area contributed by atoms with Gasteiger partial charge in [-0.3, -0.25) is 4.90 Å². The number of nitrogens with two attached hydrogens (primary N) is 1. The van der Waals surface area contributed by atoms with Gasteiger partial charge in [0, 0.05) is 55.4 Å². The molecule has 246 valence electrons. The van der Waals surface area contributed by atoms with Gasteiger partial charge < -0.3 is 29.4 Å². The standard InChI is InChI=1S/C36H48N6O4/c1-23-9-7-8-10-29(23)45-30-16-11-25(19-31(30)44-6)28-21-42(34-32(28)33(37)38-22-39-34)27-14-12-26(13-15-27)40-17-18-41(24(2)20-40)35(43)46-36(3,4)5/h7-8,10-11,16,19,21-24,26-27H,9,12-15,17-18,20H2,1-6H3,(H2,37,38,39)/t23?,24-,26?,27?/m0/s1. The predicted octanol–water partition coefficient (Wildman–Crippen LogP) is 6.97. The number of amides is 1. The Morgan fingerprint density at radius 2 is 1.78 bits per heavy atom. The van der Waals surface area contributed by atoms with E-state index in [-0.39, 0.29) is 12.1 Å². The average molecular weight is 629 g/mol. The van der Waals surface area contributed by atoms with Gasteiger partial charge in [0.1, 0.15) is 29.2 Å². The molecule has 2 fully saturated rings. The third-order valence-corrected chi connectivity index (χ3v) is 9.58. The molecule has 1 saturated carbocycles. The number of methoxy groups -OCH3 is 1. The first-order valence-corrected chi connectivity index (χ1v) is 16.6. The fourth-order valence-electron chi connectivity index (χ4n) is 7.12. The molecule has 2 aromatic heterocycles. The van der Waals surface area contributed by atoms with Gasteiger partial charge in [-0.1, -0.05) is 25.1 Å². The predicted molar refractivity (Wildman–Crippen MR) is 181 cm³/mol. The first-order valence-electron chi connectivity index (χ1n) is 16.6. The van der Waals surface area contributed by atoms with E-state index in [9.17, 15) is 4.79 Å². The van der Waals surface area contributed by atoms with Crippen LogP contribution in [0.25, 0.3) is 22.2 Å². The maximum atomic E-state index is 12.7. The molecule has 2 atom stereocenters. The van der Waals surface area contributed by atoms with E-state index < -0.39 is 5.60 Å². The lowest BCUT2D eigenvalue weighted by Gasteiger charge is -2.45. The smallest absolute Gasteiger partial charge is 0.410 e. The van der Waals surface area contributed by atoms with Crippen molar-refractivity contribution in [1.29, 1.82) is 0 Å². The van der Waals surface area contributed by atoms with Gasteiger partial charge in [-0.15, -0.1) is 0 Å². The number of benzene rings is 1. The normalized spacial score (nSPS) is 24.1. The maximum absolute atomic E-state index is 12.7. The molecule has 10 nitrogen and oxygen atoms in total. The van der Waals surface area contributed by atoms with E-state index >= 15 is 0 Å². The number of nitrogens with zero attached hydrogens (tertiary/aromatic N) is 5. The number of ether oxygens (including phenoxy) is 3. The summed E-state index contributed by atoms with van der Waals surface area (Å²) in [6.45, 7) is 12.5. The summed E-state index contributed by atoms with van der Waals surface area (Å²) in [7, 11) is 1.67. The summed E-state index contributed by atoms with van der Waals surface area (Å²) in [6.07, 6.45) is 14.9. The fourth-order valence-corrected chi connectivity index (χ4v) is 7.12. The van der Waals surface area contributed by atoms with Crippen molar-refractivity contribution in [2.24, 2.45) is 5.92 Å². The number of hydrogen-bond donors (Lipinski definition) is 1. The van der Waals surface area contributed by atoms with Crippen LogP contribution in [0.15, 0.2) is 54.7 Å². The molecule has 10 heteroatoms. The lowest BCUT2D eigenvalue weighted by atomic mass is 9.89. The van der Waals surface area contributed by atoms with E-state index in [0.29, 0.717) is 41.9 Å². The Bertz CT molecular complexity index is 1630. The van der Waals surface area contributed by atoms with Crippen LogP contribution in [-0.4, -0.2) is 74.9 Å². The Kier molecular flexibility index (Phi) is 9.01. The molecule has 6 rings (SSSR count). The van der Waals surface area contributed by atoms with Crippen LogP contribution >= 0.6 is 0 Å². The minimum atomic E-state index is -0.488. The molecule has 0 spiro atoms. The van der Waals surface area contributed by atoms with Crippen LogP contribution in [0.2, 0.25) is 0 Å². The van der Waals surface area contributed by atoms with E-state index in [1.807, 2.05) is 50.0 Å². The topological polar surface area (TPSA) is 108 Å². The number of carbonyl (C=O) groups is 1. The number of hydrogen-bond acceptors (Lipinski definition) is 8.